The maximum absolute atomic E-state index is 6.13. The molecule has 0 amide bonds. The van der Waals surface area contributed by atoms with Gasteiger partial charge in [-0.2, -0.15) is 0 Å². The molecule has 0 saturated carbocycles. The molecule has 112 valence electrons. The molecule has 1 heterocycles. The fourth-order valence-electron chi connectivity index (χ4n) is 2.02. The highest BCUT2D eigenvalue weighted by Crippen LogP contribution is 2.35. The van der Waals surface area contributed by atoms with Crippen LogP contribution in [0.2, 0.25) is 5.02 Å². The number of methoxy groups -OCH3 is 1. The van der Waals surface area contributed by atoms with Crippen molar-refractivity contribution in [2.24, 2.45) is 0 Å². The van der Waals surface area contributed by atoms with Crippen molar-refractivity contribution in [2.45, 2.75) is 27.2 Å². The third kappa shape index (κ3) is 3.45. The lowest BCUT2D eigenvalue weighted by molar-refractivity contribution is 0.416. The highest BCUT2D eigenvalue weighted by Gasteiger charge is 2.15. The molecule has 0 saturated heterocycles. The number of anilines is 1. The van der Waals surface area contributed by atoms with Gasteiger partial charge in [0, 0.05) is 17.1 Å². The van der Waals surface area contributed by atoms with E-state index in [0.29, 0.717) is 5.02 Å². The molecule has 1 N–H and O–H groups in total. The number of nitrogens with zero attached hydrogens (tertiary/aromatic N) is 2. The second kappa shape index (κ2) is 6.76. The fourth-order valence-corrected chi connectivity index (χ4v) is 2.19. The van der Waals surface area contributed by atoms with Crippen LogP contribution in [-0.2, 0) is 0 Å². The summed E-state index contributed by atoms with van der Waals surface area (Å²) in [7, 11) is 1.64. The second-order valence-corrected chi connectivity index (χ2v) is 5.30. The monoisotopic (exact) mass is 305 g/mol. The van der Waals surface area contributed by atoms with Gasteiger partial charge in [-0.05, 0) is 38.5 Å². The van der Waals surface area contributed by atoms with Gasteiger partial charge in [0.05, 0.1) is 18.5 Å². The molecule has 0 unspecified atom stereocenters. The minimum Gasteiger partial charge on any atom is -0.496 e. The summed E-state index contributed by atoms with van der Waals surface area (Å²) in [6.07, 6.45) is 1.01. The summed E-state index contributed by atoms with van der Waals surface area (Å²) in [5, 5.41) is 3.97. The summed E-state index contributed by atoms with van der Waals surface area (Å²) >= 11 is 6.13. The zero-order valence-corrected chi connectivity index (χ0v) is 13.6. The Balaban J connectivity index is 2.61. The Kier molecular flexibility index (Phi) is 5.02. The molecular formula is C16H20ClN3O. The number of rotatable bonds is 5. The van der Waals surface area contributed by atoms with E-state index in [0.717, 1.165) is 47.2 Å². The average Bonchev–Trinajstić information content (AvgIpc) is 2.48. The van der Waals surface area contributed by atoms with E-state index in [2.05, 4.69) is 22.2 Å². The zero-order valence-electron chi connectivity index (χ0n) is 12.8. The van der Waals surface area contributed by atoms with Crippen LogP contribution in [0.25, 0.3) is 11.3 Å². The van der Waals surface area contributed by atoms with Crippen molar-refractivity contribution >= 4 is 17.4 Å². The summed E-state index contributed by atoms with van der Waals surface area (Å²) in [5.41, 5.74) is 3.43. The number of hydrogen-bond acceptors (Lipinski definition) is 4. The largest absolute Gasteiger partial charge is 0.496 e. The molecule has 21 heavy (non-hydrogen) atoms. The summed E-state index contributed by atoms with van der Waals surface area (Å²) in [6, 6.07) is 5.51. The first-order valence-electron chi connectivity index (χ1n) is 6.99. The van der Waals surface area contributed by atoms with E-state index in [9.17, 15) is 0 Å². The fraction of sp³-hybridized carbons (Fsp3) is 0.375. The molecule has 1 aromatic heterocycles. The molecular weight excluding hydrogens is 286 g/mol. The van der Waals surface area contributed by atoms with Crippen LogP contribution in [0.4, 0.5) is 5.82 Å². The van der Waals surface area contributed by atoms with Crippen molar-refractivity contribution in [3.63, 3.8) is 0 Å². The molecule has 5 heteroatoms. The Morgan fingerprint density at radius 2 is 1.90 bits per heavy atom. The van der Waals surface area contributed by atoms with Crippen molar-refractivity contribution in [1.82, 2.24) is 9.97 Å². The number of hydrogen-bond donors (Lipinski definition) is 1. The predicted molar refractivity (Wildman–Crippen MR) is 87.3 cm³/mol. The normalized spacial score (nSPS) is 10.5. The maximum Gasteiger partial charge on any atom is 0.153 e. The van der Waals surface area contributed by atoms with Crippen molar-refractivity contribution in [3.05, 3.63) is 34.6 Å². The Morgan fingerprint density at radius 1 is 1.19 bits per heavy atom. The van der Waals surface area contributed by atoms with E-state index in [1.165, 1.54) is 0 Å². The second-order valence-electron chi connectivity index (χ2n) is 4.86. The molecule has 2 rings (SSSR count). The predicted octanol–water partition coefficient (Wildman–Crippen LogP) is 4.24. The third-order valence-electron chi connectivity index (χ3n) is 3.27. The van der Waals surface area contributed by atoms with Crippen molar-refractivity contribution in [3.8, 4) is 17.0 Å². The summed E-state index contributed by atoms with van der Waals surface area (Å²) in [6.45, 7) is 6.86. The molecule has 2 aromatic rings. The van der Waals surface area contributed by atoms with Crippen molar-refractivity contribution in [2.75, 3.05) is 19.0 Å². The molecule has 4 nitrogen and oxygen atoms in total. The molecule has 0 radical (unpaired) electrons. The number of aromatic nitrogens is 2. The standard InChI is InChI=1S/C16H20ClN3O/c1-5-8-18-16-15(19-10(2)11(3)20-16)13-9-12(17)6-7-14(13)21-4/h6-7,9H,5,8H2,1-4H3,(H,18,20). The van der Waals surface area contributed by atoms with Crippen LogP contribution < -0.4 is 10.1 Å². The van der Waals surface area contributed by atoms with E-state index in [1.54, 1.807) is 13.2 Å². The minimum absolute atomic E-state index is 0.646. The van der Waals surface area contributed by atoms with Crippen molar-refractivity contribution in [1.29, 1.82) is 0 Å². The van der Waals surface area contributed by atoms with E-state index in [1.807, 2.05) is 26.0 Å². The van der Waals surface area contributed by atoms with Crippen LogP contribution in [-0.4, -0.2) is 23.6 Å². The van der Waals surface area contributed by atoms with Gasteiger partial charge in [-0.3, -0.25) is 0 Å². The van der Waals surface area contributed by atoms with E-state index in [4.69, 9.17) is 16.3 Å². The van der Waals surface area contributed by atoms with E-state index >= 15 is 0 Å². The van der Waals surface area contributed by atoms with Gasteiger partial charge in [-0.1, -0.05) is 18.5 Å². The number of halogens is 1. The molecule has 0 atom stereocenters. The summed E-state index contributed by atoms with van der Waals surface area (Å²) in [5.74, 6) is 1.50. The Labute approximate surface area is 130 Å². The number of aryl methyl sites for hydroxylation is 2. The number of ether oxygens (including phenoxy) is 1. The van der Waals surface area contributed by atoms with Crippen LogP contribution in [0.15, 0.2) is 18.2 Å². The first-order valence-corrected chi connectivity index (χ1v) is 7.37. The molecule has 0 fully saturated rings. The van der Waals surface area contributed by atoms with Gasteiger partial charge in [-0.25, -0.2) is 9.97 Å². The molecule has 0 aliphatic heterocycles. The van der Waals surface area contributed by atoms with Crippen LogP contribution >= 0.6 is 11.6 Å². The van der Waals surface area contributed by atoms with Crippen LogP contribution in [0, 0.1) is 13.8 Å². The van der Waals surface area contributed by atoms with Gasteiger partial charge in [0.15, 0.2) is 5.82 Å². The molecule has 0 spiro atoms. The molecule has 0 aliphatic carbocycles. The Bertz CT molecular complexity index is 644. The lowest BCUT2D eigenvalue weighted by Crippen LogP contribution is -2.08. The lowest BCUT2D eigenvalue weighted by Gasteiger charge is -2.15. The van der Waals surface area contributed by atoms with Gasteiger partial charge >= 0.3 is 0 Å². The number of benzene rings is 1. The lowest BCUT2D eigenvalue weighted by atomic mass is 10.1. The van der Waals surface area contributed by atoms with Gasteiger partial charge in [0.1, 0.15) is 11.4 Å². The molecule has 0 bridgehead atoms. The Hall–Kier alpha value is -1.81. The van der Waals surface area contributed by atoms with Crippen LogP contribution in [0.5, 0.6) is 5.75 Å². The summed E-state index contributed by atoms with van der Waals surface area (Å²) < 4.78 is 5.43. The summed E-state index contributed by atoms with van der Waals surface area (Å²) in [4.78, 5) is 9.30. The highest BCUT2D eigenvalue weighted by molar-refractivity contribution is 6.31. The van der Waals surface area contributed by atoms with E-state index in [-0.39, 0.29) is 0 Å². The van der Waals surface area contributed by atoms with Gasteiger partial charge < -0.3 is 10.1 Å². The first-order chi connectivity index (χ1) is 10.1. The highest BCUT2D eigenvalue weighted by atomic mass is 35.5. The minimum atomic E-state index is 0.646. The average molecular weight is 306 g/mol. The van der Waals surface area contributed by atoms with E-state index < -0.39 is 0 Å². The maximum atomic E-state index is 6.13. The third-order valence-corrected chi connectivity index (χ3v) is 3.50. The van der Waals surface area contributed by atoms with Gasteiger partial charge in [0.25, 0.3) is 0 Å². The molecule has 0 aliphatic rings. The first kappa shape index (κ1) is 15.6. The van der Waals surface area contributed by atoms with Crippen LogP contribution in [0.1, 0.15) is 24.7 Å². The van der Waals surface area contributed by atoms with Crippen molar-refractivity contribution < 1.29 is 4.74 Å². The SMILES string of the molecule is CCCNc1nc(C)c(C)nc1-c1cc(Cl)ccc1OC. The topological polar surface area (TPSA) is 47.0 Å². The zero-order chi connectivity index (χ0) is 15.4. The van der Waals surface area contributed by atoms with Crippen LogP contribution in [0.3, 0.4) is 0 Å². The van der Waals surface area contributed by atoms with Gasteiger partial charge in [-0.15, -0.1) is 0 Å². The smallest absolute Gasteiger partial charge is 0.153 e. The molecule has 1 aromatic carbocycles. The quantitative estimate of drug-likeness (QED) is 0.897. The number of nitrogens with one attached hydrogen (secondary N) is 1. The van der Waals surface area contributed by atoms with Gasteiger partial charge in [0.2, 0.25) is 0 Å². The Morgan fingerprint density at radius 3 is 2.57 bits per heavy atom.